The molecule has 0 aliphatic heterocycles. The summed E-state index contributed by atoms with van der Waals surface area (Å²) in [5.74, 6) is 0.192. The van der Waals surface area contributed by atoms with Crippen molar-refractivity contribution in [1.29, 1.82) is 0 Å². The zero-order valence-corrected chi connectivity index (χ0v) is 14.0. The molecule has 7 nitrogen and oxygen atoms in total. The largest absolute Gasteiger partial charge is 0.353 e. The molecule has 0 aliphatic carbocycles. The monoisotopic (exact) mass is 355 g/mol. The van der Waals surface area contributed by atoms with Crippen LogP contribution in [-0.4, -0.2) is 14.9 Å². The summed E-state index contributed by atoms with van der Waals surface area (Å²) in [4.78, 5) is 19.1. The summed E-state index contributed by atoms with van der Waals surface area (Å²) in [5.41, 5.74) is 1.86. The van der Waals surface area contributed by atoms with E-state index in [4.69, 9.17) is 11.6 Å². The van der Waals surface area contributed by atoms with Crippen LogP contribution >= 0.6 is 11.6 Å². The van der Waals surface area contributed by atoms with Crippen LogP contribution in [0.25, 0.3) is 0 Å². The maximum absolute atomic E-state index is 11.6. The van der Waals surface area contributed by atoms with E-state index < -0.39 is 4.92 Å². The number of hydrogen-bond acceptors (Lipinski definition) is 6. The van der Waals surface area contributed by atoms with Crippen LogP contribution in [0.1, 0.15) is 5.56 Å². The molecule has 0 spiro atoms. The number of halogens is 1. The smallest absolute Gasteiger partial charge is 0.334 e. The van der Waals surface area contributed by atoms with Gasteiger partial charge in [0, 0.05) is 16.4 Å². The number of aromatic nitrogens is 2. The van der Waals surface area contributed by atoms with Gasteiger partial charge in [-0.1, -0.05) is 35.9 Å². The highest BCUT2D eigenvalue weighted by molar-refractivity contribution is 6.31. The lowest BCUT2D eigenvalue weighted by molar-refractivity contribution is -0.383. The van der Waals surface area contributed by atoms with Crippen LogP contribution in [0.15, 0.2) is 54.9 Å². The van der Waals surface area contributed by atoms with E-state index in [1.54, 1.807) is 30.3 Å². The van der Waals surface area contributed by atoms with Crippen LogP contribution in [-0.2, 0) is 0 Å². The number of hydrogen-bond donors (Lipinski definition) is 2. The standard InChI is InChI=1S/C17H14ClN5O2/c1-11-13(18)8-5-9-14(11)22-17-15(23(24)25)16(19-10-20-17)21-12-6-3-2-4-7-12/h2-10H,1H3,(H2,19,20,21,22). The molecule has 0 saturated carbocycles. The Labute approximate surface area is 148 Å². The van der Waals surface area contributed by atoms with Gasteiger partial charge in [0.25, 0.3) is 0 Å². The van der Waals surface area contributed by atoms with Gasteiger partial charge in [0.1, 0.15) is 6.33 Å². The van der Waals surface area contributed by atoms with Gasteiger partial charge in [0.15, 0.2) is 0 Å². The summed E-state index contributed by atoms with van der Waals surface area (Å²) in [6, 6.07) is 14.4. The molecule has 1 aromatic heterocycles. The van der Waals surface area contributed by atoms with E-state index in [2.05, 4.69) is 20.6 Å². The second-order valence-corrected chi connectivity index (χ2v) is 5.61. The third kappa shape index (κ3) is 3.67. The van der Waals surface area contributed by atoms with Crippen molar-refractivity contribution in [3.63, 3.8) is 0 Å². The Morgan fingerprint density at radius 1 is 1.00 bits per heavy atom. The zero-order chi connectivity index (χ0) is 17.8. The first-order chi connectivity index (χ1) is 12.1. The predicted molar refractivity (Wildman–Crippen MR) is 97.9 cm³/mol. The number of benzene rings is 2. The van der Waals surface area contributed by atoms with Crippen molar-refractivity contribution in [2.75, 3.05) is 10.6 Å². The number of rotatable bonds is 5. The van der Waals surface area contributed by atoms with E-state index in [0.29, 0.717) is 16.4 Å². The summed E-state index contributed by atoms with van der Waals surface area (Å²) in [5, 5.41) is 18.1. The van der Waals surface area contributed by atoms with E-state index in [9.17, 15) is 10.1 Å². The van der Waals surface area contributed by atoms with Crippen LogP contribution in [0.4, 0.5) is 28.7 Å². The lowest BCUT2D eigenvalue weighted by atomic mass is 10.2. The molecule has 8 heteroatoms. The van der Waals surface area contributed by atoms with Crippen LogP contribution < -0.4 is 10.6 Å². The van der Waals surface area contributed by atoms with Gasteiger partial charge in [-0.25, -0.2) is 9.97 Å². The normalized spacial score (nSPS) is 10.3. The molecule has 3 rings (SSSR count). The molecule has 0 bridgehead atoms. The molecule has 2 N–H and O–H groups in total. The third-order valence-corrected chi connectivity index (χ3v) is 3.97. The molecule has 3 aromatic rings. The molecule has 0 amide bonds. The molecule has 2 aromatic carbocycles. The van der Waals surface area contributed by atoms with Gasteiger partial charge in [-0.05, 0) is 36.8 Å². The van der Waals surface area contributed by atoms with Gasteiger partial charge in [-0.15, -0.1) is 0 Å². The van der Waals surface area contributed by atoms with E-state index in [1.165, 1.54) is 6.33 Å². The van der Waals surface area contributed by atoms with Crippen LogP contribution in [0.2, 0.25) is 5.02 Å². The minimum Gasteiger partial charge on any atom is -0.334 e. The van der Waals surface area contributed by atoms with Crippen molar-refractivity contribution in [2.45, 2.75) is 6.92 Å². The third-order valence-electron chi connectivity index (χ3n) is 3.56. The Hall–Kier alpha value is -3.19. The van der Waals surface area contributed by atoms with E-state index in [1.807, 2.05) is 25.1 Å². The molecule has 0 unspecified atom stereocenters. The average Bonchev–Trinajstić information content (AvgIpc) is 2.60. The fourth-order valence-electron chi connectivity index (χ4n) is 2.26. The van der Waals surface area contributed by atoms with Crippen molar-refractivity contribution in [1.82, 2.24) is 9.97 Å². The maximum atomic E-state index is 11.6. The highest BCUT2D eigenvalue weighted by atomic mass is 35.5. The topological polar surface area (TPSA) is 93.0 Å². The van der Waals surface area contributed by atoms with Crippen LogP contribution in [0.3, 0.4) is 0 Å². The summed E-state index contributed by atoms with van der Waals surface area (Å²) >= 11 is 6.10. The molecule has 0 aliphatic rings. The van der Waals surface area contributed by atoms with Gasteiger partial charge < -0.3 is 10.6 Å². The van der Waals surface area contributed by atoms with Crippen molar-refractivity contribution in [3.8, 4) is 0 Å². The number of nitro groups is 1. The van der Waals surface area contributed by atoms with Gasteiger partial charge >= 0.3 is 5.69 Å². The van der Waals surface area contributed by atoms with E-state index in [0.717, 1.165) is 5.56 Å². The first-order valence-electron chi connectivity index (χ1n) is 7.40. The molecular formula is C17H14ClN5O2. The highest BCUT2D eigenvalue weighted by Gasteiger charge is 2.23. The van der Waals surface area contributed by atoms with Gasteiger partial charge in [-0.2, -0.15) is 0 Å². The van der Waals surface area contributed by atoms with E-state index >= 15 is 0 Å². The Bertz CT molecular complexity index is 918. The van der Waals surface area contributed by atoms with Crippen molar-refractivity contribution >= 4 is 40.3 Å². The SMILES string of the molecule is Cc1c(Cl)cccc1Nc1ncnc(Nc2ccccc2)c1[N+](=O)[O-]. The summed E-state index contributed by atoms with van der Waals surface area (Å²) in [7, 11) is 0. The molecule has 0 atom stereocenters. The minimum atomic E-state index is -0.520. The second-order valence-electron chi connectivity index (χ2n) is 5.21. The quantitative estimate of drug-likeness (QED) is 0.502. The van der Waals surface area contributed by atoms with Gasteiger partial charge in [-0.3, -0.25) is 10.1 Å². The summed E-state index contributed by atoms with van der Waals surface area (Å²) < 4.78 is 0. The molecule has 1 heterocycles. The average molecular weight is 356 g/mol. The second kappa shape index (κ2) is 7.14. The summed E-state index contributed by atoms with van der Waals surface area (Å²) in [6.45, 7) is 1.82. The minimum absolute atomic E-state index is 0.0868. The molecule has 0 saturated heterocycles. The van der Waals surface area contributed by atoms with Crippen molar-refractivity contribution in [2.24, 2.45) is 0 Å². The molecule has 25 heavy (non-hydrogen) atoms. The molecule has 126 valence electrons. The molecular weight excluding hydrogens is 342 g/mol. The summed E-state index contributed by atoms with van der Waals surface area (Å²) in [6.07, 6.45) is 1.26. The zero-order valence-electron chi connectivity index (χ0n) is 13.2. The van der Waals surface area contributed by atoms with Crippen LogP contribution in [0, 0.1) is 17.0 Å². The number of nitrogens with one attached hydrogen (secondary N) is 2. The Balaban J connectivity index is 2.01. The fourth-order valence-corrected chi connectivity index (χ4v) is 2.44. The fraction of sp³-hybridized carbons (Fsp3) is 0.0588. The Morgan fingerprint density at radius 3 is 2.36 bits per heavy atom. The highest BCUT2D eigenvalue weighted by Crippen LogP contribution is 2.34. The van der Waals surface area contributed by atoms with Crippen LogP contribution in [0.5, 0.6) is 0 Å². The first-order valence-corrected chi connectivity index (χ1v) is 7.77. The number of nitrogens with zero attached hydrogens (tertiary/aromatic N) is 3. The van der Waals surface area contributed by atoms with Gasteiger partial charge in [0.2, 0.25) is 11.6 Å². The Morgan fingerprint density at radius 2 is 1.68 bits per heavy atom. The number of anilines is 4. The van der Waals surface area contributed by atoms with Crippen molar-refractivity contribution < 1.29 is 4.92 Å². The maximum Gasteiger partial charge on any atom is 0.353 e. The first kappa shape index (κ1) is 16.7. The number of para-hydroxylation sites is 1. The van der Waals surface area contributed by atoms with Crippen molar-refractivity contribution in [3.05, 3.63) is 75.6 Å². The van der Waals surface area contributed by atoms with E-state index in [-0.39, 0.29) is 17.3 Å². The lowest BCUT2D eigenvalue weighted by Crippen LogP contribution is -2.06. The van der Waals surface area contributed by atoms with Gasteiger partial charge in [0.05, 0.1) is 4.92 Å². The molecule has 0 radical (unpaired) electrons. The predicted octanol–water partition coefficient (Wildman–Crippen LogP) is 4.83. The Kier molecular flexibility index (Phi) is 4.76. The lowest BCUT2D eigenvalue weighted by Gasteiger charge is -2.12. The molecule has 0 fully saturated rings.